The van der Waals surface area contributed by atoms with Gasteiger partial charge in [-0.2, -0.15) is 5.10 Å². The number of aromatic nitrogens is 2. The molecule has 0 radical (unpaired) electrons. The topological polar surface area (TPSA) is 102 Å². The maximum atomic E-state index is 11.2. The second kappa shape index (κ2) is 6.56. The van der Waals surface area contributed by atoms with Gasteiger partial charge in [-0.25, -0.2) is 4.68 Å². The van der Waals surface area contributed by atoms with Crippen LogP contribution in [0.15, 0.2) is 0 Å². The van der Waals surface area contributed by atoms with Crippen LogP contribution in [0.2, 0.25) is 0 Å². The molecule has 1 aromatic rings. The van der Waals surface area contributed by atoms with Gasteiger partial charge in [0.25, 0.3) is 0 Å². The highest BCUT2D eigenvalue weighted by Gasteiger charge is 2.30. The molecular formula is C12H16N4O4. The van der Waals surface area contributed by atoms with Crippen molar-refractivity contribution in [1.29, 1.82) is 0 Å². The fourth-order valence-electron chi connectivity index (χ4n) is 1.93. The van der Waals surface area contributed by atoms with E-state index >= 15 is 0 Å². The van der Waals surface area contributed by atoms with Crippen molar-refractivity contribution in [3.05, 3.63) is 15.8 Å². The number of hydrogen-bond donors (Lipinski definition) is 1. The van der Waals surface area contributed by atoms with E-state index in [9.17, 15) is 14.9 Å². The zero-order chi connectivity index (χ0) is 15.3. The lowest BCUT2D eigenvalue weighted by Gasteiger charge is -2.20. The van der Waals surface area contributed by atoms with Gasteiger partial charge < -0.3 is 10.0 Å². The number of terminal acetylenes is 1. The van der Waals surface area contributed by atoms with Gasteiger partial charge in [-0.05, 0) is 13.3 Å². The highest BCUT2D eigenvalue weighted by Crippen LogP contribution is 2.31. The third-order valence-corrected chi connectivity index (χ3v) is 2.60. The Hall–Kier alpha value is -2.56. The minimum Gasteiger partial charge on any atom is -0.480 e. The van der Waals surface area contributed by atoms with E-state index in [1.807, 2.05) is 6.92 Å². The number of carbonyl (C=O) groups is 1. The summed E-state index contributed by atoms with van der Waals surface area (Å²) < 4.78 is 1.44. The Morgan fingerprint density at radius 2 is 2.30 bits per heavy atom. The first-order chi connectivity index (χ1) is 9.42. The molecule has 0 aliphatic rings. The molecule has 8 nitrogen and oxygen atoms in total. The second-order valence-corrected chi connectivity index (χ2v) is 4.19. The van der Waals surface area contributed by atoms with Crippen molar-refractivity contribution < 1.29 is 14.8 Å². The van der Waals surface area contributed by atoms with Crippen molar-refractivity contribution in [2.75, 3.05) is 18.0 Å². The van der Waals surface area contributed by atoms with Crippen LogP contribution in [0.1, 0.15) is 19.0 Å². The van der Waals surface area contributed by atoms with Gasteiger partial charge in [0.1, 0.15) is 12.2 Å². The second-order valence-electron chi connectivity index (χ2n) is 4.19. The fourth-order valence-corrected chi connectivity index (χ4v) is 1.93. The van der Waals surface area contributed by atoms with E-state index in [1.54, 1.807) is 0 Å². The number of carboxylic acids is 1. The van der Waals surface area contributed by atoms with Gasteiger partial charge in [-0.1, -0.05) is 12.8 Å². The molecule has 20 heavy (non-hydrogen) atoms. The lowest BCUT2D eigenvalue weighted by molar-refractivity contribution is -0.384. The van der Waals surface area contributed by atoms with Gasteiger partial charge >= 0.3 is 11.7 Å². The van der Waals surface area contributed by atoms with Crippen LogP contribution in [-0.4, -0.2) is 38.9 Å². The first-order valence-electron chi connectivity index (χ1n) is 6.04. The zero-order valence-corrected chi connectivity index (χ0v) is 11.4. The Balaban J connectivity index is 3.39. The highest BCUT2D eigenvalue weighted by molar-refractivity contribution is 5.75. The number of nitro groups is 1. The summed E-state index contributed by atoms with van der Waals surface area (Å²) in [7, 11) is 0. The number of aliphatic carboxylic acids is 1. The van der Waals surface area contributed by atoms with Crippen LogP contribution >= 0.6 is 0 Å². The summed E-state index contributed by atoms with van der Waals surface area (Å²) in [6, 6.07) is 0. The summed E-state index contributed by atoms with van der Waals surface area (Å²) in [5.74, 6) is 1.35. The Morgan fingerprint density at radius 3 is 2.75 bits per heavy atom. The molecule has 1 rings (SSSR count). The average molecular weight is 280 g/mol. The summed E-state index contributed by atoms with van der Waals surface area (Å²) in [5.41, 5.74) is 0.0424. The van der Waals surface area contributed by atoms with E-state index < -0.39 is 17.4 Å². The predicted molar refractivity (Wildman–Crippen MR) is 72.6 cm³/mol. The standard InChI is InChI=1S/C12H16N4O4/c1-4-6-14(8-10(17)18)12-11(16(19)20)9(3)13-15(12)7-5-2/h1H,5-8H2,2-3H3,(H,17,18). The number of aryl methyl sites for hydroxylation is 2. The minimum atomic E-state index is -1.11. The number of carboxylic acid groups (broad SMARTS) is 1. The van der Waals surface area contributed by atoms with Gasteiger partial charge in [-0.3, -0.25) is 14.9 Å². The van der Waals surface area contributed by atoms with Crippen LogP contribution in [0.5, 0.6) is 0 Å². The quantitative estimate of drug-likeness (QED) is 0.455. The normalized spacial score (nSPS) is 10.1. The molecule has 1 heterocycles. The van der Waals surface area contributed by atoms with Crippen LogP contribution < -0.4 is 4.90 Å². The van der Waals surface area contributed by atoms with Crippen molar-refractivity contribution in [2.45, 2.75) is 26.8 Å². The maximum absolute atomic E-state index is 11.2. The molecule has 0 amide bonds. The lowest BCUT2D eigenvalue weighted by atomic mass is 10.3. The van der Waals surface area contributed by atoms with E-state index in [1.165, 1.54) is 16.5 Å². The highest BCUT2D eigenvalue weighted by atomic mass is 16.6. The third kappa shape index (κ3) is 3.26. The van der Waals surface area contributed by atoms with Gasteiger partial charge in [0.15, 0.2) is 0 Å². The number of hydrogen-bond acceptors (Lipinski definition) is 5. The van der Waals surface area contributed by atoms with E-state index in [0.29, 0.717) is 13.0 Å². The average Bonchev–Trinajstić information content (AvgIpc) is 2.65. The van der Waals surface area contributed by atoms with E-state index in [0.717, 1.165) is 0 Å². The first kappa shape index (κ1) is 15.5. The van der Waals surface area contributed by atoms with E-state index in [-0.39, 0.29) is 23.7 Å². The van der Waals surface area contributed by atoms with Crippen LogP contribution in [0.4, 0.5) is 11.5 Å². The van der Waals surface area contributed by atoms with Crippen molar-refractivity contribution >= 4 is 17.5 Å². The summed E-state index contributed by atoms with van der Waals surface area (Å²) in [4.78, 5) is 22.8. The Bertz CT molecular complexity index is 559. The monoisotopic (exact) mass is 280 g/mol. The summed E-state index contributed by atoms with van der Waals surface area (Å²) >= 11 is 0. The summed E-state index contributed by atoms with van der Waals surface area (Å²) in [5, 5.41) is 24.2. The van der Waals surface area contributed by atoms with Gasteiger partial charge in [0.05, 0.1) is 11.5 Å². The van der Waals surface area contributed by atoms with Crippen molar-refractivity contribution in [2.24, 2.45) is 0 Å². The number of anilines is 1. The van der Waals surface area contributed by atoms with Crippen molar-refractivity contribution in [1.82, 2.24) is 9.78 Å². The number of rotatable bonds is 7. The van der Waals surface area contributed by atoms with Crippen LogP contribution in [0.3, 0.4) is 0 Å². The Morgan fingerprint density at radius 1 is 1.65 bits per heavy atom. The van der Waals surface area contributed by atoms with Crippen LogP contribution in [0, 0.1) is 29.4 Å². The Kier molecular flexibility index (Phi) is 5.08. The molecule has 108 valence electrons. The van der Waals surface area contributed by atoms with Crippen molar-refractivity contribution in [3.63, 3.8) is 0 Å². The smallest absolute Gasteiger partial charge is 0.333 e. The summed E-state index contributed by atoms with van der Waals surface area (Å²) in [6.45, 7) is 3.41. The molecule has 0 saturated heterocycles. The molecule has 0 atom stereocenters. The molecule has 0 aliphatic heterocycles. The predicted octanol–water partition coefficient (Wildman–Crippen LogP) is 1.03. The zero-order valence-electron chi connectivity index (χ0n) is 11.4. The largest absolute Gasteiger partial charge is 0.480 e. The molecule has 0 saturated carbocycles. The lowest BCUT2D eigenvalue weighted by Crippen LogP contribution is -2.32. The minimum absolute atomic E-state index is 0.0397. The van der Waals surface area contributed by atoms with Crippen molar-refractivity contribution in [3.8, 4) is 12.3 Å². The molecule has 1 aromatic heterocycles. The van der Waals surface area contributed by atoms with E-state index in [4.69, 9.17) is 11.5 Å². The molecule has 0 aromatic carbocycles. The maximum Gasteiger partial charge on any atom is 0.333 e. The van der Waals surface area contributed by atoms with Crippen LogP contribution in [-0.2, 0) is 11.3 Å². The molecule has 0 aliphatic carbocycles. The molecule has 0 fully saturated rings. The van der Waals surface area contributed by atoms with Crippen LogP contribution in [0.25, 0.3) is 0 Å². The van der Waals surface area contributed by atoms with Gasteiger partial charge in [-0.15, -0.1) is 6.42 Å². The van der Waals surface area contributed by atoms with E-state index in [2.05, 4.69) is 11.0 Å². The molecule has 0 bridgehead atoms. The summed E-state index contributed by atoms with van der Waals surface area (Å²) in [6.07, 6.45) is 5.93. The molecule has 0 unspecified atom stereocenters. The molecule has 8 heteroatoms. The first-order valence-corrected chi connectivity index (χ1v) is 6.04. The molecule has 0 spiro atoms. The van der Waals surface area contributed by atoms with Gasteiger partial charge in [0, 0.05) is 6.54 Å². The third-order valence-electron chi connectivity index (χ3n) is 2.60. The fraction of sp³-hybridized carbons (Fsp3) is 0.500. The number of nitrogens with zero attached hydrogens (tertiary/aromatic N) is 4. The van der Waals surface area contributed by atoms with Gasteiger partial charge in [0.2, 0.25) is 5.82 Å². The Labute approximate surface area is 116 Å². The SMILES string of the molecule is C#CCN(CC(=O)O)c1c([N+](=O)[O-])c(C)nn1CCC. The molecular weight excluding hydrogens is 264 g/mol. The molecule has 1 N–H and O–H groups in total.